The number of benzene rings is 1. The fourth-order valence-electron chi connectivity index (χ4n) is 1.23. The van der Waals surface area contributed by atoms with E-state index in [4.69, 9.17) is 14.1 Å². The summed E-state index contributed by atoms with van der Waals surface area (Å²) in [6, 6.07) is 7.52. The second-order valence-electron chi connectivity index (χ2n) is 2.81. The van der Waals surface area contributed by atoms with Crippen LogP contribution in [0.25, 0.3) is 11.0 Å². The molecule has 1 aromatic carbocycles. The van der Waals surface area contributed by atoms with Crippen LogP contribution in [0, 0.1) is 0 Å². The molecule has 1 heterocycles. The van der Waals surface area contributed by atoms with E-state index in [2.05, 4.69) is 0 Å². The van der Waals surface area contributed by atoms with E-state index in [0.29, 0.717) is 5.75 Å². The van der Waals surface area contributed by atoms with E-state index in [1.54, 1.807) is 6.82 Å². The lowest BCUT2D eigenvalue weighted by molar-refractivity contribution is 0.421. The first kappa shape index (κ1) is 8.20. The Bertz CT molecular complexity index is 408. The fraction of sp³-hybridized carbons (Fsp3) is 0.111. The molecule has 0 spiro atoms. The van der Waals surface area contributed by atoms with Crippen LogP contribution in [0.2, 0.25) is 6.82 Å². The molecule has 2 rings (SSSR count). The first-order chi connectivity index (χ1) is 6.27. The molecule has 1 N–H and O–H groups in total. The second-order valence-corrected chi connectivity index (χ2v) is 2.81. The van der Waals surface area contributed by atoms with Crippen LogP contribution in [0.1, 0.15) is 0 Å². The van der Waals surface area contributed by atoms with E-state index in [1.807, 2.05) is 24.3 Å². The highest BCUT2D eigenvalue weighted by Gasteiger charge is 2.11. The van der Waals surface area contributed by atoms with E-state index in [0.717, 1.165) is 11.0 Å². The Morgan fingerprint density at radius 2 is 2.15 bits per heavy atom. The SMILES string of the molecule is CB(O)Oc1coc2ccccc12. The average Bonchev–Trinajstić information content (AvgIpc) is 2.48. The molecule has 0 saturated heterocycles. The summed E-state index contributed by atoms with van der Waals surface area (Å²) in [5.41, 5.74) is 0.762. The minimum Gasteiger partial charge on any atom is -0.534 e. The van der Waals surface area contributed by atoms with Gasteiger partial charge in [-0.2, -0.15) is 0 Å². The minimum absolute atomic E-state index is 0.575. The number of hydrogen-bond donors (Lipinski definition) is 1. The number of rotatable bonds is 2. The molecule has 0 atom stereocenters. The lowest BCUT2D eigenvalue weighted by Gasteiger charge is -2.01. The maximum absolute atomic E-state index is 9.02. The molecule has 66 valence electrons. The van der Waals surface area contributed by atoms with E-state index in [-0.39, 0.29) is 0 Å². The van der Waals surface area contributed by atoms with Gasteiger partial charge >= 0.3 is 7.12 Å². The summed E-state index contributed by atoms with van der Waals surface area (Å²) < 4.78 is 10.3. The normalized spacial score (nSPS) is 10.3. The number of furan rings is 1. The lowest BCUT2D eigenvalue weighted by Crippen LogP contribution is -2.15. The van der Waals surface area contributed by atoms with Crippen molar-refractivity contribution in [2.45, 2.75) is 6.82 Å². The van der Waals surface area contributed by atoms with E-state index < -0.39 is 7.12 Å². The summed E-state index contributed by atoms with van der Waals surface area (Å²) in [6.07, 6.45) is 1.50. The van der Waals surface area contributed by atoms with Crippen molar-refractivity contribution in [3.63, 3.8) is 0 Å². The zero-order valence-corrected chi connectivity index (χ0v) is 7.23. The van der Waals surface area contributed by atoms with Crippen molar-refractivity contribution < 1.29 is 14.1 Å². The Hall–Kier alpha value is -1.42. The first-order valence-electron chi connectivity index (χ1n) is 4.08. The molecule has 0 aliphatic heterocycles. The summed E-state index contributed by atoms with van der Waals surface area (Å²) in [5.74, 6) is 0.575. The standard InChI is InChI=1S/C9H9BO3/c1-10(11)13-9-6-12-8-5-3-2-4-7(8)9/h2-6,11H,1H3. The lowest BCUT2D eigenvalue weighted by atomic mass is 9.96. The van der Waals surface area contributed by atoms with Gasteiger partial charge in [-0.25, -0.2) is 0 Å². The van der Waals surface area contributed by atoms with Crippen LogP contribution in [0.4, 0.5) is 0 Å². The molecule has 0 radical (unpaired) electrons. The van der Waals surface area contributed by atoms with Crippen LogP contribution in [-0.2, 0) is 0 Å². The predicted molar refractivity (Wildman–Crippen MR) is 50.7 cm³/mol. The number of hydrogen-bond acceptors (Lipinski definition) is 3. The van der Waals surface area contributed by atoms with Gasteiger partial charge in [-0.05, 0) is 19.0 Å². The van der Waals surface area contributed by atoms with Gasteiger partial charge in [0.2, 0.25) is 0 Å². The molecule has 0 bridgehead atoms. The van der Waals surface area contributed by atoms with Crippen molar-refractivity contribution in [3.05, 3.63) is 30.5 Å². The van der Waals surface area contributed by atoms with Crippen molar-refractivity contribution in [2.24, 2.45) is 0 Å². The topological polar surface area (TPSA) is 42.6 Å². The molecule has 0 aliphatic rings. The molecule has 0 fully saturated rings. The summed E-state index contributed by atoms with van der Waals surface area (Å²) in [4.78, 5) is 0. The van der Waals surface area contributed by atoms with Crippen molar-refractivity contribution in [1.29, 1.82) is 0 Å². The van der Waals surface area contributed by atoms with Gasteiger partial charge in [0.05, 0.1) is 5.39 Å². The monoisotopic (exact) mass is 176 g/mol. The third-order valence-corrected chi connectivity index (χ3v) is 1.74. The molecule has 0 amide bonds. The second kappa shape index (κ2) is 3.14. The Morgan fingerprint density at radius 1 is 1.38 bits per heavy atom. The molecule has 0 saturated carbocycles. The van der Waals surface area contributed by atoms with Crippen molar-refractivity contribution in [1.82, 2.24) is 0 Å². The minimum atomic E-state index is -0.819. The maximum atomic E-state index is 9.02. The highest BCUT2D eigenvalue weighted by atomic mass is 16.5. The Labute approximate surface area is 76.1 Å². The molecular weight excluding hydrogens is 167 g/mol. The third-order valence-electron chi connectivity index (χ3n) is 1.74. The van der Waals surface area contributed by atoms with Crippen LogP contribution in [-0.4, -0.2) is 12.1 Å². The Kier molecular flexibility index (Phi) is 1.98. The summed E-state index contributed by atoms with van der Waals surface area (Å²) in [6.45, 7) is 1.56. The van der Waals surface area contributed by atoms with Crippen molar-refractivity contribution in [2.75, 3.05) is 0 Å². The van der Waals surface area contributed by atoms with Gasteiger partial charge in [0.1, 0.15) is 17.6 Å². The molecule has 13 heavy (non-hydrogen) atoms. The average molecular weight is 176 g/mol. The van der Waals surface area contributed by atoms with Gasteiger partial charge in [-0.1, -0.05) is 12.1 Å². The number of fused-ring (bicyclic) bond motifs is 1. The molecule has 1 aromatic heterocycles. The zero-order valence-electron chi connectivity index (χ0n) is 7.23. The Balaban J connectivity index is 2.46. The van der Waals surface area contributed by atoms with Gasteiger partial charge in [0.25, 0.3) is 0 Å². The highest BCUT2D eigenvalue weighted by molar-refractivity contribution is 6.42. The first-order valence-corrected chi connectivity index (χ1v) is 4.08. The molecule has 0 aliphatic carbocycles. The van der Waals surface area contributed by atoms with Crippen molar-refractivity contribution >= 4 is 18.1 Å². The van der Waals surface area contributed by atoms with Crippen LogP contribution in [0.15, 0.2) is 34.9 Å². The van der Waals surface area contributed by atoms with Gasteiger partial charge in [0.15, 0.2) is 0 Å². The van der Waals surface area contributed by atoms with Gasteiger partial charge in [0, 0.05) is 0 Å². The van der Waals surface area contributed by atoms with Crippen LogP contribution >= 0.6 is 0 Å². The summed E-state index contributed by atoms with van der Waals surface area (Å²) in [5, 5.41) is 9.90. The molecule has 4 heteroatoms. The third kappa shape index (κ3) is 1.53. The summed E-state index contributed by atoms with van der Waals surface area (Å²) >= 11 is 0. The largest absolute Gasteiger partial charge is 0.534 e. The predicted octanol–water partition coefficient (Wildman–Crippen LogP) is 1.92. The summed E-state index contributed by atoms with van der Waals surface area (Å²) in [7, 11) is -0.819. The Morgan fingerprint density at radius 3 is 2.92 bits per heavy atom. The van der Waals surface area contributed by atoms with Crippen LogP contribution in [0.3, 0.4) is 0 Å². The fourth-order valence-corrected chi connectivity index (χ4v) is 1.23. The maximum Gasteiger partial charge on any atom is 0.519 e. The molecular formula is C9H9BO3. The van der Waals surface area contributed by atoms with Crippen LogP contribution < -0.4 is 4.65 Å². The number of para-hydroxylation sites is 1. The quantitative estimate of drug-likeness (QED) is 0.710. The molecule has 0 unspecified atom stereocenters. The highest BCUT2D eigenvalue weighted by Crippen LogP contribution is 2.27. The van der Waals surface area contributed by atoms with Crippen LogP contribution in [0.5, 0.6) is 5.75 Å². The van der Waals surface area contributed by atoms with E-state index >= 15 is 0 Å². The molecule has 2 aromatic rings. The van der Waals surface area contributed by atoms with Crippen molar-refractivity contribution in [3.8, 4) is 5.75 Å². The van der Waals surface area contributed by atoms with Gasteiger partial charge in [-0.3, -0.25) is 0 Å². The van der Waals surface area contributed by atoms with E-state index in [1.165, 1.54) is 6.26 Å². The van der Waals surface area contributed by atoms with Gasteiger partial charge in [-0.15, -0.1) is 0 Å². The van der Waals surface area contributed by atoms with Gasteiger partial charge < -0.3 is 14.1 Å². The van der Waals surface area contributed by atoms with E-state index in [9.17, 15) is 0 Å². The molecule has 3 nitrogen and oxygen atoms in total. The smallest absolute Gasteiger partial charge is 0.519 e. The zero-order chi connectivity index (χ0) is 9.26.